The Bertz CT molecular complexity index is 430. The molecule has 1 spiro atoms. The number of amides is 1. The van der Waals surface area contributed by atoms with E-state index in [-0.39, 0.29) is 5.91 Å². The molecule has 0 N–H and O–H groups in total. The highest BCUT2D eigenvalue weighted by Gasteiger charge is 2.36. The van der Waals surface area contributed by atoms with Crippen molar-refractivity contribution < 1.29 is 4.79 Å². The number of hydrogen-bond acceptors (Lipinski definition) is 3. The molecular formula is C15H21N3O. The Balaban J connectivity index is 1.62. The number of hydrogen-bond donors (Lipinski definition) is 0. The molecular weight excluding hydrogens is 238 g/mol. The Hall–Kier alpha value is -1.45. The molecule has 1 saturated heterocycles. The first-order valence-corrected chi connectivity index (χ1v) is 7.34. The molecule has 3 rings (SSSR count). The molecule has 0 aromatic carbocycles. The van der Waals surface area contributed by atoms with Crippen molar-refractivity contribution in [3.8, 4) is 0 Å². The van der Waals surface area contributed by atoms with E-state index in [4.69, 9.17) is 0 Å². The van der Waals surface area contributed by atoms with Crippen molar-refractivity contribution in [2.24, 2.45) is 5.41 Å². The van der Waals surface area contributed by atoms with E-state index in [1.54, 1.807) is 18.6 Å². The molecule has 0 radical (unpaired) electrons. The van der Waals surface area contributed by atoms with Crippen molar-refractivity contribution in [2.75, 3.05) is 13.1 Å². The lowest BCUT2D eigenvalue weighted by Crippen LogP contribution is -2.44. The first-order valence-electron chi connectivity index (χ1n) is 7.34. The topological polar surface area (TPSA) is 46.1 Å². The van der Waals surface area contributed by atoms with Crippen LogP contribution in [-0.2, 0) is 0 Å². The van der Waals surface area contributed by atoms with Gasteiger partial charge in [-0.25, -0.2) is 4.98 Å². The summed E-state index contributed by atoms with van der Waals surface area (Å²) in [5.41, 5.74) is 1.01. The van der Waals surface area contributed by atoms with E-state index in [1.807, 2.05) is 4.90 Å². The fourth-order valence-electron chi connectivity index (χ4n) is 3.56. The van der Waals surface area contributed by atoms with Crippen LogP contribution in [0.25, 0.3) is 0 Å². The maximum Gasteiger partial charge on any atom is 0.274 e. The zero-order chi connectivity index (χ0) is 13.1. The number of carbonyl (C=O) groups excluding carboxylic acids is 1. The number of rotatable bonds is 1. The van der Waals surface area contributed by atoms with Gasteiger partial charge >= 0.3 is 0 Å². The smallest absolute Gasteiger partial charge is 0.274 e. The third-order valence-corrected chi connectivity index (χ3v) is 4.81. The van der Waals surface area contributed by atoms with Gasteiger partial charge in [0.15, 0.2) is 0 Å². The van der Waals surface area contributed by atoms with Gasteiger partial charge < -0.3 is 4.90 Å². The molecule has 1 aromatic heterocycles. The van der Waals surface area contributed by atoms with Crippen LogP contribution < -0.4 is 0 Å². The molecule has 2 aliphatic rings. The molecule has 0 bridgehead atoms. The Kier molecular flexibility index (Phi) is 3.49. The van der Waals surface area contributed by atoms with Crippen LogP contribution in [0.5, 0.6) is 0 Å². The van der Waals surface area contributed by atoms with Gasteiger partial charge in [0.25, 0.3) is 5.91 Å². The second kappa shape index (κ2) is 5.27. The molecule has 4 heteroatoms. The van der Waals surface area contributed by atoms with E-state index in [9.17, 15) is 4.79 Å². The van der Waals surface area contributed by atoms with E-state index in [1.165, 1.54) is 44.9 Å². The van der Waals surface area contributed by atoms with Crippen molar-refractivity contribution in [2.45, 2.75) is 44.9 Å². The van der Waals surface area contributed by atoms with Gasteiger partial charge in [0.2, 0.25) is 0 Å². The summed E-state index contributed by atoms with van der Waals surface area (Å²) >= 11 is 0. The number of carbonyl (C=O) groups is 1. The summed E-state index contributed by atoms with van der Waals surface area (Å²) in [5, 5.41) is 0. The molecule has 4 nitrogen and oxygen atoms in total. The lowest BCUT2D eigenvalue weighted by molar-refractivity contribution is 0.0467. The van der Waals surface area contributed by atoms with Gasteiger partial charge in [-0.15, -0.1) is 0 Å². The highest BCUT2D eigenvalue weighted by Crippen LogP contribution is 2.44. The summed E-state index contributed by atoms with van der Waals surface area (Å²) < 4.78 is 0. The average Bonchev–Trinajstić information content (AvgIpc) is 2.49. The number of piperidine rings is 1. The largest absolute Gasteiger partial charge is 0.337 e. The summed E-state index contributed by atoms with van der Waals surface area (Å²) in [5.74, 6) is 0.0405. The van der Waals surface area contributed by atoms with Crippen LogP contribution in [0.1, 0.15) is 55.4 Å². The summed E-state index contributed by atoms with van der Waals surface area (Å²) in [4.78, 5) is 22.3. The Labute approximate surface area is 114 Å². The molecule has 1 aromatic rings. The van der Waals surface area contributed by atoms with Crippen molar-refractivity contribution in [3.63, 3.8) is 0 Å². The minimum absolute atomic E-state index is 0.0405. The third kappa shape index (κ3) is 2.62. The second-order valence-electron chi connectivity index (χ2n) is 5.94. The van der Waals surface area contributed by atoms with Gasteiger partial charge in [0.1, 0.15) is 5.69 Å². The predicted molar refractivity (Wildman–Crippen MR) is 72.7 cm³/mol. The van der Waals surface area contributed by atoms with Crippen LogP contribution in [0.2, 0.25) is 0 Å². The molecule has 2 heterocycles. The van der Waals surface area contributed by atoms with Gasteiger partial charge in [0, 0.05) is 25.5 Å². The highest BCUT2D eigenvalue weighted by atomic mass is 16.2. The summed E-state index contributed by atoms with van der Waals surface area (Å²) in [6, 6.07) is 0. The molecule has 2 fully saturated rings. The van der Waals surface area contributed by atoms with Crippen LogP contribution in [-0.4, -0.2) is 33.9 Å². The number of likely N-dealkylation sites (tertiary alicyclic amines) is 1. The van der Waals surface area contributed by atoms with Crippen LogP contribution >= 0.6 is 0 Å². The normalized spacial score (nSPS) is 22.4. The van der Waals surface area contributed by atoms with E-state index in [0.717, 1.165) is 13.1 Å². The minimum atomic E-state index is 0.0405. The Morgan fingerprint density at radius 1 is 1.05 bits per heavy atom. The summed E-state index contributed by atoms with van der Waals surface area (Å²) in [6.45, 7) is 1.77. The fourth-order valence-corrected chi connectivity index (χ4v) is 3.56. The average molecular weight is 259 g/mol. The zero-order valence-electron chi connectivity index (χ0n) is 11.3. The van der Waals surface area contributed by atoms with Crippen molar-refractivity contribution >= 4 is 5.91 Å². The lowest BCUT2D eigenvalue weighted by Gasteiger charge is -2.44. The van der Waals surface area contributed by atoms with Crippen LogP contribution in [0.3, 0.4) is 0 Å². The summed E-state index contributed by atoms with van der Waals surface area (Å²) in [7, 11) is 0. The fraction of sp³-hybridized carbons (Fsp3) is 0.667. The number of nitrogens with zero attached hydrogens (tertiary/aromatic N) is 3. The molecule has 1 saturated carbocycles. The number of aromatic nitrogens is 2. The SMILES string of the molecule is O=C(c1cnccn1)N1CCC2(CCCCC2)CC1. The van der Waals surface area contributed by atoms with Gasteiger partial charge in [-0.2, -0.15) is 0 Å². The molecule has 102 valence electrons. The maximum atomic E-state index is 12.3. The molecule has 1 amide bonds. The predicted octanol–water partition coefficient (Wildman–Crippen LogP) is 2.66. The Morgan fingerprint density at radius 2 is 1.79 bits per heavy atom. The quantitative estimate of drug-likeness (QED) is 0.779. The van der Waals surface area contributed by atoms with Gasteiger partial charge in [-0.3, -0.25) is 9.78 Å². The molecule has 19 heavy (non-hydrogen) atoms. The maximum absolute atomic E-state index is 12.3. The first kappa shape index (κ1) is 12.6. The second-order valence-corrected chi connectivity index (χ2v) is 5.94. The Morgan fingerprint density at radius 3 is 2.42 bits per heavy atom. The van der Waals surface area contributed by atoms with Gasteiger partial charge in [-0.05, 0) is 31.1 Å². The van der Waals surface area contributed by atoms with E-state index < -0.39 is 0 Å². The van der Waals surface area contributed by atoms with Gasteiger partial charge in [-0.1, -0.05) is 19.3 Å². The minimum Gasteiger partial charge on any atom is -0.337 e. The van der Waals surface area contributed by atoms with Crippen molar-refractivity contribution in [1.82, 2.24) is 14.9 Å². The van der Waals surface area contributed by atoms with Gasteiger partial charge in [0.05, 0.1) is 6.20 Å². The van der Waals surface area contributed by atoms with Crippen LogP contribution in [0.4, 0.5) is 0 Å². The highest BCUT2D eigenvalue weighted by molar-refractivity contribution is 5.92. The van der Waals surface area contributed by atoms with E-state index >= 15 is 0 Å². The van der Waals surface area contributed by atoms with Crippen molar-refractivity contribution in [1.29, 1.82) is 0 Å². The molecule has 0 atom stereocenters. The molecule has 1 aliphatic heterocycles. The molecule has 0 unspecified atom stereocenters. The van der Waals surface area contributed by atoms with Crippen LogP contribution in [0, 0.1) is 5.41 Å². The van der Waals surface area contributed by atoms with Crippen molar-refractivity contribution in [3.05, 3.63) is 24.3 Å². The standard InChI is InChI=1S/C15H21N3O/c19-14(13-12-16-8-9-17-13)18-10-6-15(7-11-18)4-2-1-3-5-15/h8-9,12H,1-7,10-11H2. The first-order chi connectivity index (χ1) is 9.29. The third-order valence-electron chi connectivity index (χ3n) is 4.81. The summed E-state index contributed by atoms with van der Waals surface area (Å²) in [6.07, 6.45) is 13.9. The van der Waals surface area contributed by atoms with E-state index in [0.29, 0.717) is 11.1 Å². The lowest BCUT2D eigenvalue weighted by atomic mass is 9.68. The van der Waals surface area contributed by atoms with E-state index in [2.05, 4.69) is 9.97 Å². The molecule has 1 aliphatic carbocycles. The zero-order valence-corrected chi connectivity index (χ0v) is 11.3. The monoisotopic (exact) mass is 259 g/mol. The van der Waals surface area contributed by atoms with Crippen LogP contribution in [0.15, 0.2) is 18.6 Å².